The highest BCUT2D eigenvalue weighted by molar-refractivity contribution is 5.86. The molecule has 8 nitrogen and oxygen atoms in total. The number of aliphatic hydroxyl groups is 1. The van der Waals surface area contributed by atoms with E-state index in [1.165, 1.54) is 4.90 Å². The Morgan fingerprint density at radius 1 is 1.32 bits per heavy atom. The third-order valence-electron chi connectivity index (χ3n) is 3.04. The number of rotatable bonds is 6. The second kappa shape index (κ2) is 6.93. The summed E-state index contributed by atoms with van der Waals surface area (Å²) in [6.45, 7) is 0.0642. The second-order valence-electron chi connectivity index (χ2n) is 4.61. The molecule has 4 N–H and O–H groups in total. The Morgan fingerprint density at radius 3 is 2.53 bits per heavy atom. The van der Waals surface area contributed by atoms with E-state index in [1.807, 2.05) is 0 Å². The van der Waals surface area contributed by atoms with Gasteiger partial charge in [-0.2, -0.15) is 0 Å². The van der Waals surface area contributed by atoms with Crippen LogP contribution in [-0.2, 0) is 9.59 Å². The van der Waals surface area contributed by atoms with Crippen molar-refractivity contribution in [3.05, 3.63) is 0 Å². The van der Waals surface area contributed by atoms with Gasteiger partial charge in [0.05, 0.1) is 0 Å². The zero-order valence-corrected chi connectivity index (χ0v) is 10.6. The van der Waals surface area contributed by atoms with Gasteiger partial charge in [0.2, 0.25) is 5.91 Å². The molecule has 0 aromatic heterocycles. The van der Waals surface area contributed by atoms with Crippen molar-refractivity contribution in [3.63, 3.8) is 0 Å². The van der Waals surface area contributed by atoms with Crippen LogP contribution in [0.5, 0.6) is 0 Å². The summed E-state index contributed by atoms with van der Waals surface area (Å²) in [6, 6.07) is -0.498. The number of hydrogen-bond acceptors (Lipinski definition) is 4. The van der Waals surface area contributed by atoms with Crippen LogP contribution in [0.25, 0.3) is 0 Å². The van der Waals surface area contributed by atoms with E-state index in [0.717, 1.165) is 11.3 Å². The van der Waals surface area contributed by atoms with Gasteiger partial charge >= 0.3 is 12.0 Å². The highest BCUT2D eigenvalue weighted by Crippen LogP contribution is 2.20. The first-order valence-electron chi connectivity index (χ1n) is 6.08. The number of carboxylic acids is 1. The number of carbonyl (C=O) groups is 3. The lowest BCUT2D eigenvalue weighted by Gasteiger charge is -2.25. The number of carbonyl (C=O) groups excluding carboxylic acids is 2. The van der Waals surface area contributed by atoms with Crippen molar-refractivity contribution >= 4 is 17.9 Å². The van der Waals surface area contributed by atoms with E-state index in [4.69, 9.17) is 15.9 Å². The van der Waals surface area contributed by atoms with Gasteiger partial charge in [-0.15, -0.1) is 0 Å². The maximum absolute atomic E-state index is 12.1. The van der Waals surface area contributed by atoms with Crippen LogP contribution in [-0.4, -0.2) is 70.7 Å². The normalized spacial score (nSPS) is 18.4. The van der Waals surface area contributed by atoms with Gasteiger partial charge in [0.1, 0.15) is 13.1 Å². The molecule has 0 aromatic rings. The minimum absolute atomic E-state index is 0.0623. The molecular formula is C11H19N3O5. The first-order chi connectivity index (χ1) is 8.93. The summed E-state index contributed by atoms with van der Waals surface area (Å²) < 4.78 is 0. The highest BCUT2D eigenvalue weighted by Gasteiger charge is 2.30. The van der Waals surface area contributed by atoms with Crippen LogP contribution in [0.2, 0.25) is 0 Å². The molecule has 1 atom stereocenters. The fourth-order valence-corrected chi connectivity index (χ4v) is 2.17. The van der Waals surface area contributed by atoms with Crippen LogP contribution in [0, 0.1) is 5.92 Å². The van der Waals surface area contributed by atoms with Crippen LogP contribution in [0.15, 0.2) is 0 Å². The molecule has 1 aliphatic rings. The monoisotopic (exact) mass is 273 g/mol. The minimum atomic E-state index is -1.19. The van der Waals surface area contributed by atoms with E-state index in [-0.39, 0.29) is 12.5 Å². The Balaban J connectivity index is 2.61. The first kappa shape index (κ1) is 15.2. The molecule has 8 heteroatoms. The standard InChI is InChI=1S/C11H19N3O5/c12-9(16)6-14(7-10(17)18)11(19)13-3-1-8(5-13)2-4-15/h8,15H,1-7H2,(H2,12,16)(H,17,18). The van der Waals surface area contributed by atoms with Gasteiger partial charge in [-0.25, -0.2) is 4.79 Å². The molecule has 1 rings (SSSR count). The predicted octanol–water partition coefficient (Wildman–Crippen LogP) is -1.32. The Hall–Kier alpha value is -1.83. The maximum atomic E-state index is 12.1. The van der Waals surface area contributed by atoms with Gasteiger partial charge in [-0.3, -0.25) is 9.59 Å². The summed E-state index contributed by atoms with van der Waals surface area (Å²) in [7, 11) is 0. The number of aliphatic hydroxyl groups excluding tert-OH is 1. The van der Waals surface area contributed by atoms with Gasteiger partial charge in [0.25, 0.3) is 0 Å². The van der Waals surface area contributed by atoms with E-state index in [9.17, 15) is 14.4 Å². The summed E-state index contributed by atoms with van der Waals surface area (Å²) in [5, 5.41) is 17.6. The van der Waals surface area contributed by atoms with E-state index >= 15 is 0 Å². The molecule has 0 radical (unpaired) electrons. The number of urea groups is 1. The Bertz CT molecular complexity index is 344. The average molecular weight is 273 g/mol. The van der Waals surface area contributed by atoms with Crippen LogP contribution in [0.3, 0.4) is 0 Å². The topological polar surface area (TPSA) is 124 Å². The predicted molar refractivity (Wildman–Crippen MR) is 65.2 cm³/mol. The lowest BCUT2D eigenvalue weighted by Crippen LogP contribution is -2.47. The molecule has 19 heavy (non-hydrogen) atoms. The van der Waals surface area contributed by atoms with E-state index < -0.39 is 31.0 Å². The molecule has 3 amide bonds. The number of aliphatic carboxylic acids is 1. The summed E-state index contributed by atoms with van der Waals surface area (Å²) in [5.74, 6) is -1.73. The quantitative estimate of drug-likeness (QED) is 0.554. The molecule has 0 bridgehead atoms. The third kappa shape index (κ3) is 4.74. The first-order valence-corrected chi connectivity index (χ1v) is 6.08. The van der Waals surface area contributed by atoms with Crippen LogP contribution < -0.4 is 5.73 Å². The Kier molecular flexibility index (Phi) is 5.56. The number of nitrogens with zero attached hydrogens (tertiary/aromatic N) is 2. The van der Waals surface area contributed by atoms with Gasteiger partial charge in [-0.1, -0.05) is 0 Å². The molecule has 1 unspecified atom stereocenters. The van der Waals surface area contributed by atoms with Gasteiger partial charge in [-0.05, 0) is 18.8 Å². The number of nitrogens with two attached hydrogens (primary N) is 1. The minimum Gasteiger partial charge on any atom is -0.480 e. The number of hydrogen-bond donors (Lipinski definition) is 3. The van der Waals surface area contributed by atoms with Gasteiger partial charge in [0, 0.05) is 19.7 Å². The molecule has 1 saturated heterocycles. The van der Waals surface area contributed by atoms with Crippen LogP contribution in [0.1, 0.15) is 12.8 Å². The number of amides is 3. The summed E-state index contributed by atoms with van der Waals surface area (Å²) >= 11 is 0. The SMILES string of the molecule is NC(=O)CN(CC(=O)O)C(=O)N1CCC(CCO)C1. The van der Waals surface area contributed by atoms with Gasteiger partial charge in [0.15, 0.2) is 0 Å². The molecule has 0 spiro atoms. The van der Waals surface area contributed by atoms with Gasteiger partial charge < -0.3 is 25.7 Å². The molecular weight excluding hydrogens is 254 g/mol. The van der Waals surface area contributed by atoms with Crippen molar-refractivity contribution in [2.24, 2.45) is 11.7 Å². The Labute approximate surface area is 110 Å². The van der Waals surface area contributed by atoms with Crippen molar-refractivity contribution in [1.29, 1.82) is 0 Å². The van der Waals surface area contributed by atoms with E-state index in [2.05, 4.69) is 0 Å². The zero-order valence-electron chi connectivity index (χ0n) is 10.6. The molecule has 1 heterocycles. The third-order valence-corrected chi connectivity index (χ3v) is 3.04. The van der Waals surface area contributed by atoms with Crippen molar-refractivity contribution < 1.29 is 24.6 Å². The van der Waals surface area contributed by atoms with Crippen molar-refractivity contribution in [1.82, 2.24) is 9.80 Å². The van der Waals surface area contributed by atoms with Crippen LogP contribution >= 0.6 is 0 Å². The maximum Gasteiger partial charge on any atom is 0.323 e. The van der Waals surface area contributed by atoms with Crippen LogP contribution in [0.4, 0.5) is 4.79 Å². The Morgan fingerprint density at radius 2 is 2.00 bits per heavy atom. The molecule has 1 fully saturated rings. The lowest BCUT2D eigenvalue weighted by atomic mass is 10.1. The van der Waals surface area contributed by atoms with Crippen molar-refractivity contribution in [2.45, 2.75) is 12.8 Å². The fraction of sp³-hybridized carbons (Fsp3) is 0.727. The second-order valence-corrected chi connectivity index (χ2v) is 4.61. The summed E-state index contributed by atoms with van der Waals surface area (Å²) in [6.07, 6.45) is 1.38. The highest BCUT2D eigenvalue weighted by atomic mass is 16.4. The molecule has 0 saturated carbocycles. The fourth-order valence-electron chi connectivity index (χ4n) is 2.17. The molecule has 0 aromatic carbocycles. The summed E-state index contributed by atoms with van der Waals surface area (Å²) in [4.78, 5) is 36.0. The number of primary amides is 1. The molecule has 0 aliphatic carbocycles. The zero-order chi connectivity index (χ0) is 14.4. The average Bonchev–Trinajstić information content (AvgIpc) is 2.75. The summed E-state index contributed by atoms with van der Waals surface area (Å²) in [5.41, 5.74) is 5.00. The van der Waals surface area contributed by atoms with Crippen molar-refractivity contribution in [3.8, 4) is 0 Å². The molecule has 108 valence electrons. The number of likely N-dealkylation sites (tertiary alicyclic amines) is 1. The van der Waals surface area contributed by atoms with E-state index in [0.29, 0.717) is 19.5 Å². The van der Waals surface area contributed by atoms with E-state index in [1.54, 1.807) is 0 Å². The smallest absolute Gasteiger partial charge is 0.323 e. The number of carboxylic acid groups (broad SMARTS) is 1. The molecule has 1 aliphatic heterocycles. The lowest BCUT2D eigenvalue weighted by molar-refractivity contribution is -0.138. The van der Waals surface area contributed by atoms with Crippen molar-refractivity contribution in [2.75, 3.05) is 32.8 Å². The largest absolute Gasteiger partial charge is 0.480 e.